The number of esters is 1. The predicted octanol–water partition coefficient (Wildman–Crippen LogP) is 2.70. The molecule has 0 heterocycles. The van der Waals surface area contributed by atoms with E-state index in [-0.39, 0.29) is 17.2 Å². The molecule has 0 aliphatic rings. The quantitative estimate of drug-likeness (QED) is 0.362. The van der Waals surface area contributed by atoms with Gasteiger partial charge in [0.2, 0.25) is 5.78 Å². The lowest BCUT2D eigenvalue weighted by atomic mass is 10.1. The molecule has 0 bridgehead atoms. The summed E-state index contributed by atoms with van der Waals surface area (Å²) in [6.07, 6.45) is -0.584. The van der Waals surface area contributed by atoms with Crippen LogP contribution in [0.15, 0.2) is 18.2 Å². The average Bonchev–Trinajstić information content (AvgIpc) is 2.32. The van der Waals surface area contributed by atoms with Gasteiger partial charge in [-0.2, -0.15) is 0 Å². The lowest BCUT2D eigenvalue weighted by Crippen LogP contribution is -2.20. The zero-order valence-electron chi connectivity index (χ0n) is 9.54. The molecule has 0 radical (unpaired) electrons. The van der Waals surface area contributed by atoms with E-state index >= 15 is 0 Å². The van der Waals surface area contributed by atoms with Gasteiger partial charge in [-0.15, -0.1) is 0 Å². The fraction of sp³-hybridized carbons (Fsp3) is 0.250. The zero-order valence-corrected chi connectivity index (χ0v) is 11.0. The summed E-state index contributed by atoms with van der Waals surface area (Å²) in [4.78, 5) is 34.2. The molecule has 0 aliphatic heterocycles. The maximum Gasteiger partial charge on any atom is 0.375 e. The van der Waals surface area contributed by atoms with Crippen molar-refractivity contribution in [3.63, 3.8) is 0 Å². The third kappa shape index (κ3) is 3.82. The number of ether oxygens (including phenoxy) is 1. The first-order valence-electron chi connectivity index (χ1n) is 5.14. The van der Waals surface area contributed by atoms with E-state index in [9.17, 15) is 14.4 Å². The van der Waals surface area contributed by atoms with Gasteiger partial charge in [0, 0.05) is 10.6 Å². The lowest BCUT2D eigenvalue weighted by molar-refractivity contribution is -0.153. The van der Waals surface area contributed by atoms with Gasteiger partial charge in [0.25, 0.3) is 0 Å². The fourth-order valence-electron chi connectivity index (χ4n) is 1.24. The number of halogens is 2. The Morgan fingerprint density at radius 3 is 2.50 bits per heavy atom. The number of carbonyl (C=O) groups is 3. The van der Waals surface area contributed by atoms with Crippen LogP contribution in [0.4, 0.5) is 0 Å². The van der Waals surface area contributed by atoms with Gasteiger partial charge < -0.3 is 4.74 Å². The molecule has 6 heteroatoms. The molecule has 0 aliphatic carbocycles. The summed E-state index contributed by atoms with van der Waals surface area (Å²) in [5.74, 6) is -2.50. The highest BCUT2D eigenvalue weighted by Crippen LogP contribution is 2.22. The molecule has 0 saturated heterocycles. The van der Waals surface area contributed by atoms with Gasteiger partial charge in [-0.25, -0.2) is 4.79 Å². The molecule has 4 nitrogen and oxygen atoms in total. The summed E-state index contributed by atoms with van der Waals surface area (Å²) in [5, 5.41) is 0.507. The van der Waals surface area contributed by atoms with E-state index in [0.29, 0.717) is 5.02 Å². The smallest absolute Gasteiger partial charge is 0.375 e. The Bertz CT molecular complexity index is 497. The van der Waals surface area contributed by atoms with Gasteiger partial charge in [0.15, 0.2) is 5.78 Å². The third-order valence-electron chi connectivity index (χ3n) is 2.05. The van der Waals surface area contributed by atoms with E-state index in [1.54, 1.807) is 6.92 Å². The second-order valence-electron chi connectivity index (χ2n) is 3.37. The van der Waals surface area contributed by atoms with Gasteiger partial charge in [0.1, 0.15) is 0 Å². The zero-order chi connectivity index (χ0) is 13.7. The van der Waals surface area contributed by atoms with Crippen molar-refractivity contribution in [1.82, 2.24) is 0 Å². The van der Waals surface area contributed by atoms with Crippen LogP contribution in [0.1, 0.15) is 23.7 Å². The first-order valence-corrected chi connectivity index (χ1v) is 5.89. The Kier molecular flexibility index (Phi) is 5.31. The monoisotopic (exact) mass is 288 g/mol. The van der Waals surface area contributed by atoms with Crippen LogP contribution in [0.2, 0.25) is 10.0 Å². The summed E-state index contributed by atoms with van der Waals surface area (Å²) in [6, 6.07) is 4.32. The van der Waals surface area contributed by atoms with Crippen LogP contribution >= 0.6 is 23.2 Å². The molecule has 0 aromatic heterocycles. The minimum atomic E-state index is -1.02. The van der Waals surface area contributed by atoms with Crippen molar-refractivity contribution >= 4 is 40.7 Å². The topological polar surface area (TPSA) is 60.4 Å². The lowest BCUT2D eigenvalue weighted by Gasteiger charge is -2.03. The number of rotatable bonds is 5. The molecule has 1 rings (SSSR count). The van der Waals surface area contributed by atoms with Crippen molar-refractivity contribution in [2.24, 2.45) is 0 Å². The van der Waals surface area contributed by atoms with E-state index in [1.807, 2.05) is 0 Å². The number of ketones is 2. The van der Waals surface area contributed by atoms with Gasteiger partial charge >= 0.3 is 5.97 Å². The molecular formula is C12H10Cl2O4. The van der Waals surface area contributed by atoms with E-state index in [2.05, 4.69) is 4.74 Å². The Balaban J connectivity index is 2.80. The SMILES string of the molecule is CCOC(=O)C(=O)CC(=O)c1cc(Cl)ccc1Cl. The number of hydrogen-bond acceptors (Lipinski definition) is 4. The number of Topliss-reactive ketones (excluding diaryl/α,β-unsaturated/α-hetero) is 2. The Morgan fingerprint density at radius 2 is 1.89 bits per heavy atom. The van der Waals surface area contributed by atoms with Crippen molar-refractivity contribution in [3.8, 4) is 0 Å². The van der Waals surface area contributed by atoms with Crippen LogP contribution in [0, 0.1) is 0 Å². The molecule has 1 aromatic carbocycles. The van der Waals surface area contributed by atoms with Crippen molar-refractivity contribution in [3.05, 3.63) is 33.8 Å². The molecule has 0 unspecified atom stereocenters. The fourth-order valence-corrected chi connectivity index (χ4v) is 1.63. The predicted molar refractivity (Wildman–Crippen MR) is 67.0 cm³/mol. The van der Waals surface area contributed by atoms with Crippen LogP contribution in [0.5, 0.6) is 0 Å². The Labute approximate surface area is 114 Å². The minimum Gasteiger partial charge on any atom is -0.460 e. The van der Waals surface area contributed by atoms with E-state index < -0.39 is 24.0 Å². The maximum absolute atomic E-state index is 11.8. The molecule has 0 spiro atoms. The summed E-state index contributed by atoms with van der Waals surface area (Å²) in [5.41, 5.74) is 0.113. The third-order valence-corrected chi connectivity index (χ3v) is 2.62. The van der Waals surface area contributed by atoms with Gasteiger partial charge in [-0.1, -0.05) is 23.2 Å². The van der Waals surface area contributed by atoms with E-state index in [4.69, 9.17) is 23.2 Å². The van der Waals surface area contributed by atoms with Crippen LogP contribution < -0.4 is 0 Å². The van der Waals surface area contributed by atoms with Crippen molar-refractivity contribution in [2.45, 2.75) is 13.3 Å². The molecule has 1 aromatic rings. The second kappa shape index (κ2) is 6.52. The van der Waals surface area contributed by atoms with E-state index in [0.717, 1.165) is 0 Å². The highest BCUT2D eigenvalue weighted by atomic mass is 35.5. The first-order chi connectivity index (χ1) is 8.45. The summed E-state index contributed by atoms with van der Waals surface area (Å²) in [6.45, 7) is 1.65. The summed E-state index contributed by atoms with van der Waals surface area (Å²) < 4.78 is 4.49. The van der Waals surface area contributed by atoms with Gasteiger partial charge in [-0.3, -0.25) is 9.59 Å². The number of carbonyl (C=O) groups excluding carboxylic acids is 3. The summed E-state index contributed by atoms with van der Waals surface area (Å²) >= 11 is 11.5. The molecule has 0 N–H and O–H groups in total. The molecular weight excluding hydrogens is 279 g/mol. The average molecular weight is 289 g/mol. The number of benzene rings is 1. The van der Waals surface area contributed by atoms with Crippen LogP contribution in [0.25, 0.3) is 0 Å². The van der Waals surface area contributed by atoms with Crippen LogP contribution in [-0.2, 0) is 14.3 Å². The molecule has 0 atom stereocenters. The maximum atomic E-state index is 11.8. The van der Waals surface area contributed by atoms with Gasteiger partial charge in [0.05, 0.1) is 18.1 Å². The highest BCUT2D eigenvalue weighted by Gasteiger charge is 2.21. The standard InChI is InChI=1S/C12H10Cl2O4/c1-2-18-12(17)11(16)6-10(15)8-5-7(13)3-4-9(8)14/h3-5H,2,6H2,1H3. The molecule has 18 heavy (non-hydrogen) atoms. The van der Waals surface area contributed by atoms with Crippen molar-refractivity contribution < 1.29 is 19.1 Å². The number of hydrogen-bond donors (Lipinski definition) is 0. The highest BCUT2D eigenvalue weighted by molar-refractivity contribution is 6.40. The molecule has 0 fully saturated rings. The van der Waals surface area contributed by atoms with Crippen molar-refractivity contribution in [1.29, 1.82) is 0 Å². The molecule has 0 amide bonds. The first kappa shape index (κ1) is 14.7. The van der Waals surface area contributed by atoms with Crippen LogP contribution in [-0.4, -0.2) is 24.1 Å². The molecule has 0 saturated carbocycles. The van der Waals surface area contributed by atoms with Crippen molar-refractivity contribution in [2.75, 3.05) is 6.61 Å². The summed E-state index contributed by atoms with van der Waals surface area (Å²) in [7, 11) is 0. The normalized spacial score (nSPS) is 9.94. The molecule has 96 valence electrons. The Hall–Kier alpha value is -1.39. The second-order valence-corrected chi connectivity index (χ2v) is 4.21. The largest absolute Gasteiger partial charge is 0.460 e. The van der Waals surface area contributed by atoms with E-state index in [1.165, 1.54) is 18.2 Å². The van der Waals surface area contributed by atoms with Gasteiger partial charge in [-0.05, 0) is 25.1 Å². The minimum absolute atomic E-state index is 0.0800. The van der Waals surface area contributed by atoms with Crippen LogP contribution in [0.3, 0.4) is 0 Å². The Morgan fingerprint density at radius 1 is 1.22 bits per heavy atom.